The van der Waals surface area contributed by atoms with E-state index >= 15 is 0 Å². The van der Waals surface area contributed by atoms with Gasteiger partial charge in [0, 0.05) is 67.4 Å². The van der Waals surface area contributed by atoms with Gasteiger partial charge in [0.05, 0.1) is 11.4 Å². The van der Waals surface area contributed by atoms with E-state index in [2.05, 4.69) is 117 Å². The monoisotopic (exact) mass is 510 g/mol. The molecular formula is C33H42N4O. The third-order valence-corrected chi connectivity index (χ3v) is 7.03. The lowest BCUT2D eigenvalue weighted by Crippen LogP contribution is -2.17. The number of anilines is 2. The highest BCUT2D eigenvalue weighted by atomic mass is 16.3. The molecular weight excluding hydrogens is 468 g/mol. The molecule has 38 heavy (non-hydrogen) atoms. The van der Waals surface area contributed by atoms with Crippen molar-refractivity contribution < 1.29 is 5.11 Å². The molecule has 0 fully saturated rings. The molecule has 5 heteroatoms. The summed E-state index contributed by atoms with van der Waals surface area (Å²) in [6, 6.07) is 21.2. The summed E-state index contributed by atoms with van der Waals surface area (Å²) in [7, 11) is 8.19. The normalized spacial score (nSPS) is 12.1. The molecule has 2 N–H and O–H groups in total. The molecule has 0 atom stereocenters. The second-order valence-corrected chi connectivity index (χ2v) is 12.6. The molecule has 0 aliphatic rings. The van der Waals surface area contributed by atoms with E-state index in [0.29, 0.717) is 5.75 Å². The van der Waals surface area contributed by atoms with Crippen molar-refractivity contribution in [3.05, 3.63) is 71.8 Å². The zero-order chi connectivity index (χ0) is 28.0. The van der Waals surface area contributed by atoms with E-state index in [1.807, 2.05) is 28.2 Å². The van der Waals surface area contributed by atoms with Gasteiger partial charge in [-0.1, -0.05) is 65.8 Å². The first-order valence-electron chi connectivity index (χ1n) is 13.2. The van der Waals surface area contributed by atoms with Crippen LogP contribution in [-0.2, 0) is 10.8 Å². The van der Waals surface area contributed by atoms with Gasteiger partial charge < -0.3 is 19.9 Å². The van der Waals surface area contributed by atoms with Crippen LogP contribution < -0.4 is 9.80 Å². The summed E-state index contributed by atoms with van der Waals surface area (Å²) in [5, 5.41) is 11.3. The van der Waals surface area contributed by atoms with Crippen LogP contribution in [0.3, 0.4) is 0 Å². The number of H-pyrrole nitrogens is 1. The van der Waals surface area contributed by atoms with Gasteiger partial charge >= 0.3 is 0 Å². The average Bonchev–Trinajstić information content (AvgIpc) is 3.28. The van der Waals surface area contributed by atoms with Crippen molar-refractivity contribution in [1.82, 2.24) is 9.97 Å². The molecule has 0 saturated heterocycles. The number of nitrogens with one attached hydrogen (secondary N) is 1. The van der Waals surface area contributed by atoms with Gasteiger partial charge in [-0.05, 0) is 47.2 Å². The largest absolute Gasteiger partial charge is 0.507 e. The van der Waals surface area contributed by atoms with E-state index < -0.39 is 0 Å². The highest BCUT2D eigenvalue weighted by molar-refractivity contribution is 5.82. The number of hydrogen-bond acceptors (Lipinski definition) is 4. The topological polar surface area (TPSA) is 55.4 Å². The first-order chi connectivity index (χ1) is 17.7. The highest BCUT2D eigenvalue weighted by Gasteiger charge is 2.28. The molecule has 4 aromatic rings. The number of imidazole rings is 1. The van der Waals surface area contributed by atoms with E-state index in [4.69, 9.17) is 4.98 Å². The van der Waals surface area contributed by atoms with Crippen molar-refractivity contribution in [3.63, 3.8) is 0 Å². The summed E-state index contributed by atoms with van der Waals surface area (Å²) in [6.45, 7) is 12.8. The second kappa shape index (κ2) is 9.86. The molecule has 0 bridgehead atoms. The quantitative estimate of drug-likeness (QED) is 0.287. The van der Waals surface area contributed by atoms with Crippen molar-refractivity contribution >= 4 is 11.4 Å². The Balaban J connectivity index is 1.95. The van der Waals surface area contributed by atoms with E-state index in [9.17, 15) is 5.11 Å². The maximum Gasteiger partial charge on any atom is 0.138 e. The molecule has 0 aliphatic heterocycles. The Morgan fingerprint density at radius 3 is 1.45 bits per heavy atom. The van der Waals surface area contributed by atoms with Crippen LogP contribution in [0.5, 0.6) is 5.75 Å². The first kappa shape index (κ1) is 27.3. The fraction of sp³-hybridized carbons (Fsp3) is 0.364. The fourth-order valence-corrected chi connectivity index (χ4v) is 4.69. The lowest BCUT2D eigenvalue weighted by molar-refractivity contribution is 0.423. The molecule has 4 rings (SSSR count). The molecule has 0 radical (unpaired) electrons. The Labute approximate surface area is 228 Å². The lowest BCUT2D eigenvalue weighted by Gasteiger charge is -2.28. The fourth-order valence-electron chi connectivity index (χ4n) is 4.69. The Bertz CT molecular complexity index is 1310. The van der Waals surface area contributed by atoms with Crippen molar-refractivity contribution in [3.8, 4) is 39.7 Å². The van der Waals surface area contributed by atoms with E-state index in [1.54, 1.807) is 0 Å². The average molecular weight is 511 g/mol. The van der Waals surface area contributed by atoms with Gasteiger partial charge in [-0.3, -0.25) is 0 Å². The Morgan fingerprint density at radius 2 is 1.05 bits per heavy atom. The minimum atomic E-state index is -0.220. The molecule has 3 aromatic carbocycles. The summed E-state index contributed by atoms with van der Waals surface area (Å²) in [6.07, 6.45) is 0. The number of hydrogen-bond donors (Lipinski definition) is 2. The van der Waals surface area contributed by atoms with Crippen LogP contribution in [0, 0.1) is 0 Å². The predicted octanol–water partition coefficient (Wildman–Crippen LogP) is 7.84. The predicted molar refractivity (Wildman–Crippen MR) is 163 cm³/mol. The molecule has 0 spiro atoms. The standard InChI is InChI=1S/C33H42N4O/c1-32(2,3)26-19-23(20-27(30(26)38)33(4,5)6)31-34-28(21-11-15-24(16-12-21)36(7)8)29(35-31)22-13-17-25(18-14-22)37(9)10/h11-20,38H,1-10H3,(H,34,35). The smallest absolute Gasteiger partial charge is 0.138 e. The zero-order valence-electron chi connectivity index (χ0n) is 24.6. The number of rotatable bonds is 5. The van der Waals surface area contributed by atoms with Crippen LogP contribution in [0.2, 0.25) is 0 Å². The highest BCUT2D eigenvalue weighted by Crippen LogP contribution is 2.43. The van der Waals surface area contributed by atoms with Gasteiger partial charge in [-0.2, -0.15) is 0 Å². The van der Waals surface area contributed by atoms with E-state index in [0.717, 1.165) is 56.4 Å². The summed E-state index contributed by atoms with van der Waals surface area (Å²) >= 11 is 0. The number of benzene rings is 3. The van der Waals surface area contributed by atoms with Crippen molar-refractivity contribution in [2.24, 2.45) is 0 Å². The molecule has 5 nitrogen and oxygen atoms in total. The van der Waals surface area contributed by atoms with Crippen LogP contribution in [0.1, 0.15) is 52.7 Å². The molecule has 0 unspecified atom stereocenters. The Morgan fingerprint density at radius 1 is 0.632 bits per heavy atom. The van der Waals surface area contributed by atoms with Gasteiger partial charge in [0.1, 0.15) is 11.6 Å². The summed E-state index contributed by atoms with van der Waals surface area (Å²) in [4.78, 5) is 13.0. The maximum absolute atomic E-state index is 11.3. The van der Waals surface area contributed by atoms with Crippen LogP contribution in [0.4, 0.5) is 11.4 Å². The van der Waals surface area contributed by atoms with Crippen LogP contribution in [0.25, 0.3) is 33.9 Å². The Hall–Kier alpha value is -3.73. The minimum absolute atomic E-state index is 0.220. The van der Waals surface area contributed by atoms with E-state index in [1.165, 1.54) is 0 Å². The zero-order valence-corrected chi connectivity index (χ0v) is 24.6. The molecule has 0 saturated carbocycles. The van der Waals surface area contributed by atoms with Gasteiger partial charge in [0.2, 0.25) is 0 Å². The summed E-state index contributed by atoms with van der Waals surface area (Å²) < 4.78 is 0. The lowest BCUT2D eigenvalue weighted by atomic mass is 9.78. The number of aromatic hydroxyl groups is 1. The minimum Gasteiger partial charge on any atom is -0.507 e. The Kier molecular flexibility index (Phi) is 7.09. The van der Waals surface area contributed by atoms with Gasteiger partial charge in [0.25, 0.3) is 0 Å². The van der Waals surface area contributed by atoms with Crippen molar-refractivity contribution in [1.29, 1.82) is 0 Å². The van der Waals surface area contributed by atoms with Crippen molar-refractivity contribution in [2.45, 2.75) is 52.4 Å². The number of aromatic amines is 1. The number of phenols is 1. The van der Waals surface area contributed by atoms with Crippen LogP contribution in [-0.4, -0.2) is 43.3 Å². The van der Waals surface area contributed by atoms with Crippen LogP contribution >= 0.6 is 0 Å². The van der Waals surface area contributed by atoms with E-state index in [-0.39, 0.29) is 10.8 Å². The third kappa shape index (κ3) is 5.42. The number of nitrogens with zero attached hydrogens (tertiary/aromatic N) is 3. The second-order valence-electron chi connectivity index (χ2n) is 12.6. The summed E-state index contributed by atoms with van der Waals surface area (Å²) in [5.74, 6) is 1.17. The van der Waals surface area contributed by atoms with Crippen molar-refractivity contribution in [2.75, 3.05) is 38.0 Å². The number of phenolic OH excluding ortho intramolecular Hbond substituents is 1. The molecule has 1 heterocycles. The summed E-state index contributed by atoms with van der Waals surface area (Å²) in [5.41, 5.74) is 8.68. The van der Waals surface area contributed by atoms with Crippen LogP contribution in [0.15, 0.2) is 60.7 Å². The molecule has 1 aromatic heterocycles. The molecule has 0 aliphatic carbocycles. The third-order valence-electron chi connectivity index (χ3n) is 7.03. The number of aromatic nitrogens is 2. The van der Waals surface area contributed by atoms with Gasteiger partial charge in [-0.25, -0.2) is 4.98 Å². The maximum atomic E-state index is 11.3. The van der Waals surface area contributed by atoms with Gasteiger partial charge in [0.15, 0.2) is 0 Å². The molecule has 0 amide bonds. The first-order valence-corrected chi connectivity index (χ1v) is 13.2. The van der Waals surface area contributed by atoms with Gasteiger partial charge in [-0.15, -0.1) is 0 Å². The molecule has 200 valence electrons. The SMILES string of the molecule is CN(C)c1ccc(-c2nc(-c3cc(C(C)(C)C)c(O)c(C(C)(C)C)c3)[nH]c2-c2ccc(N(C)C)cc2)cc1.